The van der Waals surface area contributed by atoms with Gasteiger partial charge in [0.05, 0.1) is 0 Å². The number of ketones is 2. The number of hydrogen-bond acceptors (Lipinski definition) is 5. The molecule has 0 radical (unpaired) electrons. The number of benzene rings is 2. The zero-order valence-electron chi connectivity index (χ0n) is 13.7. The summed E-state index contributed by atoms with van der Waals surface area (Å²) in [5, 5.41) is 12.6. The molecule has 0 atom stereocenters. The molecule has 5 heteroatoms. The summed E-state index contributed by atoms with van der Waals surface area (Å²) in [5.41, 5.74) is 2.32. The minimum absolute atomic E-state index is 0.113. The monoisotopic (exact) mass is 334 g/mol. The first kappa shape index (κ1) is 15.4. The van der Waals surface area contributed by atoms with Gasteiger partial charge in [0, 0.05) is 29.9 Å². The number of nitrogens with zero attached hydrogens (tertiary/aromatic N) is 1. The Bertz CT molecular complexity index is 878. The molecule has 25 heavy (non-hydrogen) atoms. The first-order valence-corrected chi connectivity index (χ1v) is 8.39. The number of carbonyl (C=O) groups excluding carboxylic acids is 2. The van der Waals surface area contributed by atoms with Gasteiger partial charge >= 0.3 is 0 Å². The maximum atomic E-state index is 13.1. The van der Waals surface area contributed by atoms with E-state index in [9.17, 15) is 14.7 Å². The molecule has 1 fully saturated rings. The van der Waals surface area contributed by atoms with E-state index in [1.807, 2.05) is 4.90 Å². The van der Waals surface area contributed by atoms with Crippen LogP contribution in [-0.4, -0.2) is 34.7 Å². The van der Waals surface area contributed by atoms with Crippen LogP contribution in [0, 0.1) is 0 Å². The number of phenolic OH excluding ortho intramolecular Hbond substituents is 1. The molecule has 0 unspecified atom stereocenters. The fraction of sp³-hybridized carbons (Fsp3) is 0.200. The van der Waals surface area contributed by atoms with Crippen molar-refractivity contribution in [2.45, 2.75) is 12.8 Å². The number of allylic oxidation sites excluding steroid dienone is 2. The summed E-state index contributed by atoms with van der Waals surface area (Å²) >= 11 is 0. The molecule has 2 aromatic rings. The molecule has 2 aromatic carbocycles. The fourth-order valence-electron chi connectivity index (χ4n) is 3.41. The van der Waals surface area contributed by atoms with E-state index in [2.05, 4.69) is 5.32 Å². The number of anilines is 1. The van der Waals surface area contributed by atoms with Crippen molar-refractivity contribution in [2.75, 3.05) is 18.4 Å². The highest BCUT2D eigenvalue weighted by Crippen LogP contribution is 2.31. The van der Waals surface area contributed by atoms with Crippen molar-refractivity contribution in [1.82, 2.24) is 4.90 Å². The molecule has 1 saturated heterocycles. The van der Waals surface area contributed by atoms with Crippen LogP contribution in [0.1, 0.15) is 33.6 Å². The second-order valence-electron chi connectivity index (χ2n) is 6.29. The van der Waals surface area contributed by atoms with Crippen molar-refractivity contribution in [1.29, 1.82) is 0 Å². The lowest BCUT2D eigenvalue weighted by molar-refractivity contribution is 0.0948. The SMILES string of the molecule is O=C1C(Nc2ccc(O)cc2)=C(N2CCCC2)C(=O)c2ccccc21. The lowest BCUT2D eigenvalue weighted by atomic mass is 9.89. The number of hydrogen-bond donors (Lipinski definition) is 2. The van der Waals surface area contributed by atoms with Gasteiger partial charge in [0.15, 0.2) is 0 Å². The minimum Gasteiger partial charge on any atom is -0.508 e. The normalized spacial score (nSPS) is 17.0. The molecule has 0 saturated carbocycles. The Balaban J connectivity index is 1.82. The van der Waals surface area contributed by atoms with Gasteiger partial charge in [-0.25, -0.2) is 0 Å². The third-order valence-electron chi connectivity index (χ3n) is 4.65. The van der Waals surface area contributed by atoms with Gasteiger partial charge in [-0.2, -0.15) is 0 Å². The molecule has 0 amide bonds. The van der Waals surface area contributed by atoms with E-state index in [1.165, 1.54) is 0 Å². The van der Waals surface area contributed by atoms with Crippen molar-refractivity contribution in [2.24, 2.45) is 0 Å². The number of rotatable bonds is 3. The van der Waals surface area contributed by atoms with E-state index in [0.717, 1.165) is 25.9 Å². The molecule has 1 aliphatic carbocycles. The van der Waals surface area contributed by atoms with Crippen molar-refractivity contribution in [3.05, 3.63) is 71.1 Å². The van der Waals surface area contributed by atoms with Crippen molar-refractivity contribution in [3.8, 4) is 5.75 Å². The summed E-state index contributed by atoms with van der Waals surface area (Å²) in [4.78, 5) is 28.1. The standard InChI is InChI=1S/C20H18N2O3/c23-14-9-7-13(8-10-14)21-17-18(22-11-3-4-12-22)20(25)16-6-2-1-5-15(16)19(17)24/h1-2,5-10,21,23H,3-4,11-12H2. The third kappa shape index (κ3) is 2.67. The Labute approximate surface area is 145 Å². The summed E-state index contributed by atoms with van der Waals surface area (Å²) in [5.74, 6) is -0.140. The Hall–Kier alpha value is -3.08. The van der Waals surface area contributed by atoms with Crippen molar-refractivity contribution < 1.29 is 14.7 Å². The van der Waals surface area contributed by atoms with Crippen LogP contribution in [0.4, 0.5) is 5.69 Å². The van der Waals surface area contributed by atoms with Gasteiger partial charge in [0.1, 0.15) is 17.1 Å². The molecule has 4 rings (SSSR count). The molecule has 2 aliphatic rings. The second-order valence-corrected chi connectivity index (χ2v) is 6.29. The van der Waals surface area contributed by atoms with E-state index in [4.69, 9.17) is 0 Å². The van der Waals surface area contributed by atoms with Gasteiger partial charge in [-0.3, -0.25) is 9.59 Å². The number of fused-ring (bicyclic) bond motifs is 1. The number of Topliss-reactive ketones (excluding diaryl/α,β-unsaturated/α-hetero) is 2. The molecule has 126 valence electrons. The highest BCUT2D eigenvalue weighted by Gasteiger charge is 2.35. The van der Waals surface area contributed by atoms with Gasteiger partial charge in [0.25, 0.3) is 0 Å². The number of nitrogens with one attached hydrogen (secondary N) is 1. The molecule has 1 heterocycles. The highest BCUT2D eigenvalue weighted by molar-refractivity contribution is 6.27. The number of likely N-dealkylation sites (tertiary alicyclic amines) is 1. The fourth-order valence-corrected chi connectivity index (χ4v) is 3.41. The molecule has 0 aromatic heterocycles. The van der Waals surface area contributed by atoms with Crippen LogP contribution in [0.2, 0.25) is 0 Å². The maximum Gasteiger partial charge on any atom is 0.212 e. The van der Waals surface area contributed by atoms with E-state index >= 15 is 0 Å². The summed E-state index contributed by atoms with van der Waals surface area (Å²) in [6.45, 7) is 1.55. The van der Waals surface area contributed by atoms with Gasteiger partial charge < -0.3 is 15.3 Å². The predicted molar refractivity (Wildman–Crippen MR) is 94.7 cm³/mol. The van der Waals surface area contributed by atoms with Gasteiger partial charge in [0.2, 0.25) is 11.6 Å². The zero-order valence-corrected chi connectivity index (χ0v) is 13.7. The molecule has 2 N–H and O–H groups in total. The molecule has 1 aliphatic heterocycles. The summed E-state index contributed by atoms with van der Waals surface area (Å²) < 4.78 is 0. The predicted octanol–water partition coefficient (Wildman–Crippen LogP) is 3.19. The minimum atomic E-state index is -0.176. The van der Waals surface area contributed by atoms with Gasteiger partial charge in [-0.15, -0.1) is 0 Å². The zero-order chi connectivity index (χ0) is 17.4. The molecular weight excluding hydrogens is 316 g/mol. The van der Waals surface area contributed by atoms with E-state index < -0.39 is 0 Å². The average Bonchev–Trinajstić information content (AvgIpc) is 3.15. The van der Waals surface area contributed by atoms with E-state index in [0.29, 0.717) is 28.2 Å². The van der Waals surface area contributed by atoms with Crippen LogP contribution in [0.3, 0.4) is 0 Å². The van der Waals surface area contributed by atoms with Crippen LogP contribution in [0.25, 0.3) is 0 Å². The van der Waals surface area contributed by atoms with Crippen LogP contribution in [-0.2, 0) is 0 Å². The summed E-state index contributed by atoms with van der Waals surface area (Å²) in [7, 11) is 0. The lowest BCUT2D eigenvalue weighted by Gasteiger charge is -2.28. The van der Waals surface area contributed by atoms with Gasteiger partial charge in [-0.05, 0) is 37.1 Å². The van der Waals surface area contributed by atoms with Gasteiger partial charge in [-0.1, -0.05) is 24.3 Å². The Kier molecular flexibility index (Phi) is 3.76. The van der Waals surface area contributed by atoms with Crippen molar-refractivity contribution in [3.63, 3.8) is 0 Å². The third-order valence-corrected chi connectivity index (χ3v) is 4.65. The quantitative estimate of drug-likeness (QED) is 0.844. The van der Waals surface area contributed by atoms with E-state index in [-0.39, 0.29) is 17.3 Å². The topological polar surface area (TPSA) is 69.6 Å². The smallest absolute Gasteiger partial charge is 0.212 e. The second kappa shape index (κ2) is 6.09. The van der Waals surface area contributed by atoms with Crippen molar-refractivity contribution >= 4 is 17.3 Å². The summed E-state index contributed by atoms with van der Waals surface area (Å²) in [6.07, 6.45) is 2.03. The Morgan fingerprint density at radius 1 is 0.840 bits per heavy atom. The van der Waals surface area contributed by atoms with E-state index in [1.54, 1.807) is 48.5 Å². The molecule has 0 bridgehead atoms. The summed E-state index contributed by atoms with van der Waals surface area (Å²) in [6, 6.07) is 13.4. The number of aromatic hydroxyl groups is 1. The first-order valence-electron chi connectivity index (χ1n) is 8.39. The highest BCUT2D eigenvalue weighted by atomic mass is 16.3. The largest absolute Gasteiger partial charge is 0.508 e. The van der Waals surface area contributed by atoms with Crippen LogP contribution < -0.4 is 5.32 Å². The first-order chi connectivity index (χ1) is 12.1. The van der Waals surface area contributed by atoms with Crippen LogP contribution in [0.5, 0.6) is 5.75 Å². The molecule has 0 spiro atoms. The molecule has 5 nitrogen and oxygen atoms in total. The molecular formula is C20H18N2O3. The lowest BCUT2D eigenvalue weighted by Crippen LogP contribution is -2.35. The maximum absolute atomic E-state index is 13.1. The van der Waals surface area contributed by atoms with Crippen LogP contribution >= 0.6 is 0 Å². The van der Waals surface area contributed by atoms with Crippen LogP contribution in [0.15, 0.2) is 59.9 Å². The number of carbonyl (C=O) groups is 2. The average molecular weight is 334 g/mol. The Morgan fingerprint density at radius 3 is 2.08 bits per heavy atom. The number of phenols is 1. The Morgan fingerprint density at radius 2 is 1.44 bits per heavy atom.